The van der Waals surface area contributed by atoms with E-state index in [1.165, 1.54) is 0 Å². The largest absolute Gasteiger partial charge is 0.395 e. The number of rotatable bonds is 8. The maximum atomic E-state index is 9.04. The molecule has 140 valence electrons. The van der Waals surface area contributed by atoms with E-state index in [-0.39, 0.29) is 13.2 Å². The molecule has 0 aromatic heterocycles. The van der Waals surface area contributed by atoms with Crippen molar-refractivity contribution in [2.45, 2.75) is 0 Å². The highest BCUT2D eigenvalue weighted by atomic mass is 32.1. The molecule has 0 radical (unpaired) electrons. The van der Waals surface area contributed by atoms with Gasteiger partial charge in [0.05, 0.1) is 13.2 Å². The van der Waals surface area contributed by atoms with Crippen molar-refractivity contribution in [1.82, 2.24) is 0 Å². The van der Waals surface area contributed by atoms with E-state index in [2.05, 4.69) is 25.3 Å². The number of thiol groups is 2. The summed E-state index contributed by atoms with van der Waals surface area (Å²) in [5, 5.41) is 18.1. The Morgan fingerprint density at radius 2 is 1.00 bits per heavy atom. The summed E-state index contributed by atoms with van der Waals surface area (Å²) in [6.07, 6.45) is 0. The first-order valence-corrected chi connectivity index (χ1v) is 9.34. The summed E-state index contributed by atoms with van der Waals surface area (Å²) in [6.45, 7) is 1.44. The number of aliphatic hydroxyl groups excluding tert-OH is 2. The monoisotopic (exact) mass is 390 g/mol. The van der Waals surface area contributed by atoms with E-state index in [0.717, 1.165) is 32.3 Å². The van der Waals surface area contributed by atoms with Gasteiger partial charge in [-0.15, -0.1) is 25.3 Å². The van der Waals surface area contributed by atoms with Gasteiger partial charge in [0, 0.05) is 48.4 Å². The summed E-state index contributed by atoms with van der Waals surface area (Å²) in [6, 6.07) is 16.1. The predicted octanol–water partition coefficient (Wildman–Crippen LogP) is 3.23. The lowest BCUT2D eigenvalue weighted by Crippen LogP contribution is -2.20. The van der Waals surface area contributed by atoms with E-state index in [1.54, 1.807) is 0 Å². The van der Waals surface area contributed by atoms with E-state index >= 15 is 0 Å². The summed E-state index contributed by atoms with van der Waals surface area (Å²) in [5.74, 6) is 0. The molecule has 0 bridgehead atoms. The van der Waals surface area contributed by atoms with Crippen LogP contribution in [-0.2, 0) is 0 Å². The summed E-state index contributed by atoms with van der Waals surface area (Å²) in [4.78, 5) is 5.60. The molecule has 0 saturated heterocycles. The lowest BCUT2D eigenvalue weighted by molar-refractivity contribution is 0.304. The molecule has 0 aliphatic heterocycles. The fraction of sp³-hybridized carbons (Fsp3) is 0.300. The number of hydrogen-bond donors (Lipinski definition) is 4. The van der Waals surface area contributed by atoms with Crippen molar-refractivity contribution in [1.29, 1.82) is 0 Å². The molecule has 0 aliphatic rings. The van der Waals surface area contributed by atoms with Crippen molar-refractivity contribution >= 4 is 46.4 Å². The highest BCUT2D eigenvalue weighted by Gasteiger charge is 2.08. The van der Waals surface area contributed by atoms with Crippen LogP contribution in [0.1, 0.15) is 11.1 Å². The molecule has 0 fully saturated rings. The minimum Gasteiger partial charge on any atom is -0.395 e. The normalized spacial score (nSPS) is 11.9. The van der Waals surface area contributed by atoms with Gasteiger partial charge in [-0.1, -0.05) is 24.3 Å². The lowest BCUT2D eigenvalue weighted by Gasteiger charge is -2.19. The van der Waals surface area contributed by atoms with E-state index in [1.807, 2.05) is 72.4 Å². The number of hydrogen-bond acceptors (Lipinski definition) is 6. The first kappa shape index (κ1) is 20.7. The molecule has 26 heavy (non-hydrogen) atoms. The van der Waals surface area contributed by atoms with Crippen LogP contribution in [-0.4, -0.2) is 50.6 Å². The van der Waals surface area contributed by atoms with Crippen molar-refractivity contribution in [3.05, 3.63) is 59.7 Å². The molecule has 2 aromatic carbocycles. The Morgan fingerprint density at radius 1 is 0.692 bits per heavy atom. The van der Waals surface area contributed by atoms with Crippen molar-refractivity contribution in [3.63, 3.8) is 0 Å². The van der Waals surface area contributed by atoms with Gasteiger partial charge in [0.2, 0.25) is 0 Å². The zero-order chi connectivity index (χ0) is 19.1. The highest BCUT2D eigenvalue weighted by molar-refractivity contribution is 7.96. The first-order chi connectivity index (χ1) is 12.5. The van der Waals surface area contributed by atoms with Crippen LogP contribution in [0.15, 0.2) is 48.5 Å². The molecule has 0 spiro atoms. The van der Waals surface area contributed by atoms with Gasteiger partial charge in [-0.3, -0.25) is 0 Å². The predicted molar refractivity (Wildman–Crippen MR) is 118 cm³/mol. The molecule has 0 amide bonds. The van der Waals surface area contributed by atoms with Crippen LogP contribution in [0, 0.1) is 0 Å². The van der Waals surface area contributed by atoms with Crippen LogP contribution in [0.2, 0.25) is 0 Å². The van der Waals surface area contributed by atoms with E-state index in [9.17, 15) is 0 Å². The Labute approximate surface area is 166 Å². The molecule has 0 aliphatic carbocycles. The zero-order valence-electron chi connectivity index (χ0n) is 15.1. The SMILES string of the molecule is CN(CCO)c1ccc(C(S)=C(S)c2ccc(N(C)CCO)cc2)cc1. The number of nitrogens with zero attached hydrogens (tertiary/aromatic N) is 2. The van der Waals surface area contributed by atoms with Gasteiger partial charge >= 0.3 is 0 Å². The van der Waals surface area contributed by atoms with Gasteiger partial charge in [0.15, 0.2) is 0 Å². The molecule has 6 heteroatoms. The number of anilines is 2. The van der Waals surface area contributed by atoms with Gasteiger partial charge in [0.25, 0.3) is 0 Å². The van der Waals surface area contributed by atoms with E-state index < -0.39 is 0 Å². The second kappa shape index (κ2) is 9.92. The van der Waals surface area contributed by atoms with Crippen LogP contribution in [0.3, 0.4) is 0 Å². The Morgan fingerprint density at radius 3 is 1.27 bits per heavy atom. The Kier molecular flexibility index (Phi) is 7.90. The molecule has 2 N–H and O–H groups in total. The molecular formula is C20H26N2O2S2. The average Bonchev–Trinajstić information content (AvgIpc) is 2.67. The summed E-state index contributed by atoms with van der Waals surface area (Å²) >= 11 is 9.32. The molecule has 0 heterocycles. The molecule has 4 nitrogen and oxygen atoms in total. The van der Waals surface area contributed by atoms with Crippen LogP contribution >= 0.6 is 25.3 Å². The quantitative estimate of drug-likeness (QED) is 0.413. The maximum Gasteiger partial charge on any atom is 0.0606 e. The van der Waals surface area contributed by atoms with Gasteiger partial charge in [-0.05, 0) is 35.4 Å². The van der Waals surface area contributed by atoms with Crippen LogP contribution < -0.4 is 9.80 Å². The summed E-state index contributed by atoms with van der Waals surface area (Å²) in [7, 11) is 3.89. The Hall–Kier alpha value is -1.60. The van der Waals surface area contributed by atoms with Crippen molar-refractivity contribution in [3.8, 4) is 0 Å². The Bertz CT molecular complexity index is 667. The van der Waals surface area contributed by atoms with E-state index in [0.29, 0.717) is 13.1 Å². The van der Waals surface area contributed by atoms with Crippen LogP contribution in [0.25, 0.3) is 9.81 Å². The van der Waals surface area contributed by atoms with Crippen molar-refractivity contribution in [2.24, 2.45) is 0 Å². The maximum absolute atomic E-state index is 9.04. The molecule has 2 aromatic rings. The third kappa shape index (κ3) is 5.20. The smallest absolute Gasteiger partial charge is 0.0606 e. The topological polar surface area (TPSA) is 46.9 Å². The summed E-state index contributed by atoms with van der Waals surface area (Å²) in [5.41, 5.74) is 4.06. The summed E-state index contributed by atoms with van der Waals surface area (Å²) < 4.78 is 0. The molecule has 0 saturated carbocycles. The molecule has 0 unspecified atom stereocenters. The van der Waals surface area contributed by atoms with Gasteiger partial charge in [-0.25, -0.2) is 0 Å². The third-order valence-electron chi connectivity index (χ3n) is 4.26. The van der Waals surface area contributed by atoms with E-state index in [4.69, 9.17) is 10.2 Å². The lowest BCUT2D eigenvalue weighted by atomic mass is 10.1. The fourth-order valence-corrected chi connectivity index (χ4v) is 3.14. The standard InChI is InChI=1S/C20H26N2O2S2/c1-21(11-13-23)17-7-3-15(4-8-17)19(25)20(26)16-5-9-18(10-6-16)22(2)12-14-24/h3-10,23-26H,11-14H2,1-2H3. The third-order valence-corrected chi connectivity index (χ3v) is 5.40. The number of likely N-dealkylation sites (N-methyl/N-ethyl adjacent to an activating group) is 2. The van der Waals surface area contributed by atoms with Crippen molar-refractivity contribution < 1.29 is 10.2 Å². The Balaban J connectivity index is 2.20. The second-order valence-electron chi connectivity index (χ2n) is 6.08. The fourth-order valence-electron chi connectivity index (χ4n) is 2.58. The minimum absolute atomic E-state index is 0.125. The number of benzene rings is 2. The number of aliphatic hydroxyl groups is 2. The van der Waals surface area contributed by atoms with Gasteiger partial charge < -0.3 is 20.0 Å². The van der Waals surface area contributed by atoms with Crippen molar-refractivity contribution in [2.75, 3.05) is 50.2 Å². The second-order valence-corrected chi connectivity index (χ2v) is 6.98. The molecular weight excluding hydrogens is 364 g/mol. The first-order valence-electron chi connectivity index (χ1n) is 8.45. The molecule has 0 atom stereocenters. The van der Waals surface area contributed by atoms with Gasteiger partial charge in [0.1, 0.15) is 0 Å². The zero-order valence-corrected chi connectivity index (χ0v) is 16.9. The minimum atomic E-state index is 0.125. The highest BCUT2D eigenvalue weighted by Crippen LogP contribution is 2.33. The average molecular weight is 391 g/mol. The molecule has 2 rings (SSSR count). The van der Waals surface area contributed by atoms with Crippen LogP contribution in [0.5, 0.6) is 0 Å². The van der Waals surface area contributed by atoms with Crippen LogP contribution in [0.4, 0.5) is 11.4 Å². The van der Waals surface area contributed by atoms with Gasteiger partial charge in [-0.2, -0.15) is 0 Å².